The first kappa shape index (κ1) is 18.0. The minimum atomic E-state index is -0.758. The summed E-state index contributed by atoms with van der Waals surface area (Å²) < 4.78 is 25.7. The summed E-state index contributed by atoms with van der Waals surface area (Å²) in [7, 11) is 0. The Kier molecular flexibility index (Phi) is 4.20. The van der Waals surface area contributed by atoms with E-state index in [2.05, 4.69) is 15.0 Å². The van der Waals surface area contributed by atoms with Crippen LogP contribution in [-0.4, -0.2) is 61.4 Å². The summed E-state index contributed by atoms with van der Waals surface area (Å²) in [6.07, 6.45) is 4.17. The van der Waals surface area contributed by atoms with E-state index in [1.165, 1.54) is 0 Å². The Morgan fingerprint density at radius 3 is 2.75 bits per heavy atom. The molecule has 152 valence electrons. The normalized spacial score (nSPS) is 32.2. The molecule has 5 rings (SSSR count). The molecule has 1 unspecified atom stereocenters. The van der Waals surface area contributed by atoms with Crippen molar-refractivity contribution >= 4 is 17.0 Å². The van der Waals surface area contributed by atoms with Crippen LogP contribution < -0.4 is 10.5 Å². The number of hydrogen-bond acceptors (Lipinski definition) is 9. The first-order valence-corrected chi connectivity index (χ1v) is 9.74. The number of aromatic nitrogens is 4. The second-order valence-corrected chi connectivity index (χ2v) is 8.05. The highest BCUT2D eigenvalue weighted by Gasteiger charge is 2.56. The summed E-state index contributed by atoms with van der Waals surface area (Å²) in [6.45, 7) is 3.52. The third-order valence-corrected chi connectivity index (χ3v) is 5.58. The molecule has 10 nitrogen and oxygen atoms in total. The summed E-state index contributed by atoms with van der Waals surface area (Å²) in [4.78, 5) is 13.2. The maximum atomic E-state index is 9.71. The van der Waals surface area contributed by atoms with Crippen molar-refractivity contribution in [2.75, 3.05) is 12.3 Å². The second-order valence-electron chi connectivity index (χ2n) is 8.05. The maximum Gasteiger partial charge on any atom is 0.320 e. The molecule has 4 atom stereocenters. The van der Waals surface area contributed by atoms with Crippen molar-refractivity contribution in [3.8, 4) is 6.01 Å². The molecule has 0 aromatic carbocycles. The number of aliphatic hydroxyl groups is 1. The minimum absolute atomic E-state index is 0.117. The second kappa shape index (κ2) is 6.51. The smallest absolute Gasteiger partial charge is 0.320 e. The highest BCUT2D eigenvalue weighted by atomic mass is 16.8. The fourth-order valence-corrected chi connectivity index (χ4v) is 4.34. The van der Waals surface area contributed by atoms with Crippen molar-refractivity contribution in [1.82, 2.24) is 19.5 Å². The van der Waals surface area contributed by atoms with Crippen LogP contribution in [-0.2, 0) is 14.2 Å². The summed E-state index contributed by atoms with van der Waals surface area (Å²) in [5.41, 5.74) is 7.09. The number of nitrogens with two attached hydrogens (primary N) is 1. The van der Waals surface area contributed by atoms with E-state index in [0.717, 1.165) is 25.7 Å². The number of anilines is 1. The predicted molar refractivity (Wildman–Crippen MR) is 97.4 cm³/mol. The Labute approximate surface area is 162 Å². The highest BCUT2D eigenvalue weighted by molar-refractivity contribution is 5.82. The van der Waals surface area contributed by atoms with Crippen molar-refractivity contribution in [3.63, 3.8) is 0 Å². The average Bonchev–Trinajstić information content (AvgIpc) is 3.39. The van der Waals surface area contributed by atoms with Gasteiger partial charge in [0.15, 0.2) is 29.0 Å². The van der Waals surface area contributed by atoms with E-state index in [9.17, 15) is 5.11 Å². The zero-order valence-electron chi connectivity index (χ0n) is 15.9. The SMILES string of the molecule is CC1(C)O[C@@H]2[C@@H](CO)OC(n3cnc4c(N)nc(OC5CCCC5)nc43)[C@@H]2O1. The third kappa shape index (κ3) is 2.91. The molecule has 0 radical (unpaired) electrons. The zero-order chi connectivity index (χ0) is 19.5. The Morgan fingerprint density at radius 1 is 1.25 bits per heavy atom. The molecular formula is C18H25N5O5. The lowest BCUT2D eigenvalue weighted by atomic mass is 10.1. The number of hydrogen-bond donors (Lipinski definition) is 2. The van der Waals surface area contributed by atoms with Crippen LogP contribution in [0, 0.1) is 0 Å². The maximum absolute atomic E-state index is 9.71. The molecule has 0 spiro atoms. The van der Waals surface area contributed by atoms with Gasteiger partial charge in [-0.2, -0.15) is 9.97 Å². The van der Waals surface area contributed by atoms with Crippen LogP contribution in [0.1, 0.15) is 45.8 Å². The number of imidazole rings is 1. The standard InChI is InChI=1S/C18H25N5O5/c1-18(2)27-12-10(7-24)26-16(13(12)28-18)23-8-20-11-14(19)21-17(22-15(11)23)25-9-5-3-4-6-9/h8-10,12-13,16,24H,3-7H2,1-2H3,(H2,19,21,22)/t10-,12-,13-,16?/m1/s1. The minimum Gasteiger partial charge on any atom is -0.460 e. The van der Waals surface area contributed by atoms with Crippen molar-refractivity contribution in [1.29, 1.82) is 0 Å². The first-order chi connectivity index (χ1) is 13.4. The zero-order valence-corrected chi connectivity index (χ0v) is 15.9. The average molecular weight is 391 g/mol. The van der Waals surface area contributed by atoms with Crippen molar-refractivity contribution in [2.24, 2.45) is 0 Å². The largest absolute Gasteiger partial charge is 0.460 e. The lowest BCUT2D eigenvalue weighted by molar-refractivity contribution is -0.199. The van der Waals surface area contributed by atoms with E-state index in [0.29, 0.717) is 11.2 Å². The summed E-state index contributed by atoms with van der Waals surface area (Å²) in [5, 5.41) is 9.71. The van der Waals surface area contributed by atoms with Crippen LogP contribution in [0.2, 0.25) is 0 Å². The first-order valence-electron chi connectivity index (χ1n) is 9.74. The molecule has 3 aliphatic rings. The Bertz CT molecular complexity index is 881. The number of fused-ring (bicyclic) bond motifs is 2. The van der Waals surface area contributed by atoms with E-state index in [1.54, 1.807) is 10.9 Å². The summed E-state index contributed by atoms with van der Waals surface area (Å²) in [5.74, 6) is -0.500. The Morgan fingerprint density at radius 2 is 2.00 bits per heavy atom. The lowest BCUT2D eigenvalue weighted by Crippen LogP contribution is -2.31. The van der Waals surface area contributed by atoms with E-state index in [-0.39, 0.29) is 30.6 Å². The van der Waals surface area contributed by atoms with Gasteiger partial charge in [-0.05, 0) is 39.5 Å². The third-order valence-electron chi connectivity index (χ3n) is 5.58. The number of ether oxygens (including phenoxy) is 4. The topological polar surface area (TPSA) is 127 Å². The molecule has 3 fully saturated rings. The van der Waals surface area contributed by atoms with Gasteiger partial charge in [-0.1, -0.05) is 0 Å². The summed E-state index contributed by atoms with van der Waals surface area (Å²) >= 11 is 0. The van der Waals surface area contributed by atoms with Gasteiger partial charge in [-0.15, -0.1) is 0 Å². The van der Waals surface area contributed by atoms with Gasteiger partial charge < -0.3 is 29.8 Å². The molecule has 10 heteroatoms. The van der Waals surface area contributed by atoms with E-state index < -0.39 is 24.2 Å². The van der Waals surface area contributed by atoms with Crippen molar-refractivity contribution < 1.29 is 24.1 Å². The van der Waals surface area contributed by atoms with Crippen LogP contribution >= 0.6 is 0 Å². The van der Waals surface area contributed by atoms with Crippen molar-refractivity contribution in [2.45, 2.75) is 76.0 Å². The lowest BCUT2D eigenvalue weighted by Gasteiger charge is -2.24. The van der Waals surface area contributed by atoms with Gasteiger partial charge in [0.2, 0.25) is 0 Å². The monoisotopic (exact) mass is 391 g/mol. The van der Waals surface area contributed by atoms with Gasteiger partial charge in [-0.25, -0.2) is 4.98 Å². The molecule has 1 saturated carbocycles. The van der Waals surface area contributed by atoms with Crippen LogP contribution in [0.25, 0.3) is 11.2 Å². The van der Waals surface area contributed by atoms with Gasteiger partial charge in [0.1, 0.15) is 24.4 Å². The number of nitrogens with zero attached hydrogens (tertiary/aromatic N) is 4. The predicted octanol–water partition coefficient (Wildman–Crippen LogP) is 1.14. The Hall–Kier alpha value is -2.01. The molecule has 2 saturated heterocycles. The molecule has 2 aromatic heterocycles. The van der Waals surface area contributed by atoms with Crippen molar-refractivity contribution in [3.05, 3.63) is 6.33 Å². The fourth-order valence-electron chi connectivity index (χ4n) is 4.34. The molecule has 2 aliphatic heterocycles. The van der Waals surface area contributed by atoms with Gasteiger partial charge >= 0.3 is 6.01 Å². The van der Waals surface area contributed by atoms with E-state index in [1.807, 2.05) is 13.8 Å². The van der Waals surface area contributed by atoms with Crippen LogP contribution in [0.3, 0.4) is 0 Å². The molecule has 3 N–H and O–H groups in total. The molecule has 1 aliphatic carbocycles. The van der Waals surface area contributed by atoms with Crippen LogP contribution in [0.15, 0.2) is 6.33 Å². The van der Waals surface area contributed by atoms with Crippen LogP contribution in [0.5, 0.6) is 6.01 Å². The molecule has 0 amide bonds. The number of aliphatic hydroxyl groups excluding tert-OH is 1. The fraction of sp³-hybridized carbons (Fsp3) is 0.722. The quantitative estimate of drug-likeness (QED) is 0.788. The molecular weight excluding hydrogens is 366 g/mol. The van der Waals surface area contributed by atoms with Gasteiger partial charge in [0.05, 0.1) is 12.9 Å². The van der Waals surface area contributed by atoms with E-state index in [4.69, 9.17) is 24.7 Å². The molecule has 4 heterocycles. The van der Waals surface area contributed by atoms with Gasteiger partial charge in [-0.3, -0.25) is 4.57 Å². The number of nitrogen functional groups attached to an aromatic ring is 1. The highest BCUT2D eigenvalue weighted by Crippen LogP contribution is 2.43. The van der Waals surface area contributed by atoms with Gasteiger partial charge in [0, 0.05) is 0 Å². The summed E-state index contributed by atoms with van der Waals surface area (Å²) in [6, 6.07) is 0.246. The molecule has 28 heavy (non-hydrogen) atoms. The van der Waals surface area contributed by atoms with Crippen LogP contribution in [0.4, 0.5) is 5.82 Å². The van der Waals surface area contributed by atoms with Gasteiger partial charge in [0.25, 0.3) is 0 Å². The molecule has 0 bridgehead atoms. The van der Waals surface area contributed by atoms with E-state index >= 15 is 0 Å². The number of rotatable bonds is 4. The Balaban J connectivity index is 1.51. The molecule has 2 aromatic rings.